The number of methoxy groups -OCH3 is 1. The minimum Gasteiger partial charge on any atom is -0.380 e. The Morgan fingerprint density at radius 3 is 3.20 bits per heavy atom. The van der Waals surface area contributed by atoms with Crippen LogP contribution in [0.2, 0.25) is 0 Å². The fourth-order valence-corrected chi connectivity index (χ4v) is 0.750. The highest BCUT2D eigenvalue weighted by Gasteiger charge is 1.88. The molecule has 0 aromatic heterocycles. The molecule has 1 nitrogen and oxygen atoms in total. The van der Waals surface area contributed by atoms with Crippen molar-refractivity contribution in [1.29, 1.82) is 0 Å². The van der Waals surface area contributed by atoms with Crippen LogP contribution in [-0.4, -0.2) is 13.7 Å². The fraction of sp³-hybridized carbons (Fsp3) is 0.222. The summed E-state index contributed by atoms with van der Waals surface area (Å²) in [6, 6.07) is 0. The van der Waals surface area contributed by atoms with Gasteiger partial charge in [-0.3, -0.25) is 0 Å². The van der Waals surface area contributed by atoms with Gasteiger partial charge in [0.05, 0.1) is 6.61 Å². The highest BCUT2D eigenvalue weighted by atomic mass is 16.5. The Labute approximate surface area is 61.0 Å². The average Bonchev–Trinajstić information content (AvgIpc) is 2.17. The molecule has 1 heteroatoms. The Bertz CT molecular complexity index is 215. The molecular formula is C9H10O. The van der Waals surface area contributed by atoms with Crippen molar-refractivity contribution in [3.63, 3.8) is 0 Å². The largest absolute Gasteiger partial charge is 0.380 e. The van der Waals surface area contributed by atoms with E-state index in [4.69, 9.17) is 4.74 Å². The molecule has 0 saturated carbocycles. The second-order valence-electron chi connectivity index (χ2n) is 2.04. The topological polar surface area (TPSA) is 9.23 Å². The van der Waals surface area contributed by atoms with E-state index >= 15 is 0 Å². The van der Waals surface area contributed by atoms with Gasteiger partial charge in [-0.1, -0.05) is 18.2 Å². The van der Waals surface area contributed by atoms with Crippen LogP contribution < -0.4 is 0 Å². The van der Waals surface area contributed by atoms with Gasteiger partial charge in [0, 0.05) is 7.11 Å². The van der Waals surface area contributed by atoms with Crippen LogP contribution >= 0.6 is 0 Å². The average molecular weight is 134 g/mol. The van der Waals surface area contributed by atoms with Gasteiger partial charge in [-0.25, -0.2) is 0 Å². The van der Waals surface area contributed by atoms with Gasteiger partial charge < -0.3 is 4.74 Å². The first kappa shape index (κ1) is 7.07. The highest BCUT2D eigenvalue weighted by molar-refractivity contribution is 5.28. The fourth-order valence-electron chi connectivity index (χ4n) is 0.750. The van der Waals surface area contributed by atoms with Gasteiger partial charge in [-0.2, -0.15) is 0 Å². The van der Waals surface area contributed by atoms with Gasteiger partial charge in [0.15, 0.2) is 0 Å². The molecule has 0 atom stereocenters. The molecule has 0 aliphatic heterocycles. The van der Waals surface area contributed by atoms with Gasteiger partial charge in [0.25, 0.3) is 0 Å². The molecule has 0 unspecified atom stereocenters. The molecular weight excluding hydrogens is 124 g/mol. The van der Waals surface area contributed by atoms with Crippen molar-refractivity contribution in [3.8, 4) is 0 Å². The molecule has 0 aromatic rings. The molecule has 0 aromatic carbocycles. The van der Waals surface area contributed by atoms with E-state index < -0.39 is 0 Å². The van der Waals surface area contributed by atoms with Crippen molar-refractivity contribution >= 4 is 0 Å². The molecule has 52 valence electrons. The lowest BCUT2D eigenvalue weighted by molar-refractivity contribution is 0.228. The Morgan fingerprint density at radius 2 is 2.40 bits per heavy atom. The van der Waals surface area contributed by atoms with Gasteiger partial charge in [0.2, 0.25) is 0 Å². The summed E-state index contributed by atoms with van der Waals surface area (Å²) in [4.78, 5) is 0. The van der Waals surface area contributed by atoms with Crippen molar-refractivity contribution in [2.45, 2.75) is 0 Å². The number of allylic oxidation sites excluding steroid dienone is 3. The first-order chi connectivity index (χ1) is 4.93. The van der Waals surface area contributed by atoms with Crippen LogP contribution in [0.1, 0.15) is 0 Å². The lowest BCUT2D eigenvalue weighted by atomic mass is 10.2. The van der Waals surface area contributed by atoms with Crippen molar-refractivity contribution < 1.29 is 4.74 Å². The number of hydrogen-bond donors (Lipinski definition) is 0. The number of ether oxygens (including phenoxy) is 1. The lowest BCUT2D eigenvalue weighted by Gasteiger charge is -1.94. The van der Waals surface area contributed by atoms with Crippen LogP contribution in [0.5, 0.6) is 0 Å². The SMILES string of the molecule is COCC1=CC=CC=C=C1. The second-order valence-corrected chi connectivity index (χ2v) is 2.04. The molecule has 0 spiro atoms. The highest BCUT2D eigenvalue weighted by Crippen LogP contribution is 1.99. The first-order valence-corrected chi connectivity index (χ1v) is 3.21. The summed E-state index contributed by atoms with van der Waals surface area (Å²) >= 11 is 0. The lowest BCUT2D eigenvalue weighted by Crippen LogP contribution is -1.89. The molecule has 0 radical (unpaired) electrons. The van der Waals surface area contributed by atoms with Crippen LogP contribution in [0.4, 0.5) is 0 Å². The Kier molecular flexibility index (Phi) is 2.75. The van der Waals surface area contributed by atoms with Crippen molar-refractivity contribution in [2.75, 3.05) is 13.7 Å². The molecule has 1 rings (SSSR count). The van der Waals surface area contributed by atoms with Crippen LogP contribution in [0, 0.1) is 0 Å². The maximum absolute atomic E-state index is 4.95. The maximum Gasteiger partial charge on any atom is 0.0719 e. The van der Waals surface area contributed by atoms with Gasteiger partial charge >= 0.3 is 0 Å². The smallest absolute Gasteiger partial charge is 0.0719 e. The number of rotatable bonds is 2. The van der Waals surface area contributed by atoms with E-state index in [9.17, 15) is 0 Å². The first-order valence-electron chi connectivity index (χ1n) is 3.21. The van der Waals surface area contributed by atoms with Crippen LogP contribution in [0.15, 0.2) is 41.7 Å². The molecule has 0 fully saturated rings. The van der Waals surface area contributed by atoms with Crippen LogP contribution in [0.25, 0.3) is 0 Å². The van der Waals surface area contributed by atoms with E-state index in [1.807, 2.05) is 30.4 Å². The Balaban J connectivity index is 2.66. The third-order valence-corrected chi connectivity index (χ3v) is 1.19. The summed E-state index contributed by atoms with van der Waals surface area (Å²) < 4.78 is 4.95. The standard InChI is InChI=1S/C9H10O/c1-10-8-9-6-4-2-3-5-7-9/h2-4,6-7H,8H2,1H3. The quantitative estimate of drug-likeness (QED) is 0.523. The summed E-state index contributed by atoms with van der Waals surface area (Å²) in [5.41, 5.74) is 4.14. The van der Waals surface area contributed by atoms with E-state index in [0.717, 1.165) is 5.57 Å². The van der Waals surface area contributed by atoms with E-state index in [0.29, 0.717) is 6.61 Å². The summed E-state index contributed by atoms with van der Waals surface area (Å²) in [7, 11) is 1.69. The molecule has 0 saturated heterocycles. The zero-order chi connectivity index (χ0) is 7.23. The molecule has 1 aliphatic rings. The van der Waals surface area contributed by atoms with E-state index in [-0.39, 0.29) is 0 Å². The predicted molar refractivity (Wildman–Crippen MR) is 41.8 cm³/mol. The van der Waals surface area contributed by atoms with Crippen LogP contribution in [-0.2, 0) is 4.74 Å². The summed E-state index contributed by atoms with van der Waals surface area (Å²) in [5.74, 6) is 0. The monoisotopic (exact) mass is 134 g/mol. The third-order valence-electron chi connectivity index (χ3n) is 1.19. The second kappa shape index (κ2) is 3.89. The summed E-state index contributed by atoms with van der Waals surface area (Å²) in [5, 5.41) is 0. The molecule has 0 amide bonds. The summed E-state index contributed by atoms with van der Waals surface area (Å²) in [6.45, 7) is 0.658. The Morgan fingerprint density at radius 1 is 1.50 bits per heavy atom. The van der Waals surface area contributed by atoms with Crippen LogP contribution in [0.3, 0.4) is 0 Å². The van der Waals surface area contributed by atoms with Gasteiger partial charge in [0.1, 0.15) is 0 Å². The maximum atomic E-state index is 4.95. The van der Waals surface area contributed by atoms with E-state index in [2.05, 4.69) is 5.73 Å². The van der Waals surface area contributed by atoms with Gasteiger partial charge in [-0.15, -0.1) is 5.73 Å². The normalized spacial score (nSPS) is 15.1. The van der Waals surface area contributed by atoms with Crippen molar-refractivity contribution in [1.82, 2.24) is 0 Å². The zero-order valence-electron chi connectivity index (χ0n) is 6.00. The predicted octanol–water partition coefficient (Wildman–Crippen LogP) is 1.84. The molecule has 1 aliphatic carbocycles. The van der Waals surface area contributed by atoms with Crippen molar-refractivity contribution in [3.05, 3.63) is 41.7 Å². The van der Waals surface area contributed by atoms with E-state index in [1.54, 1.807) is 7.11 Å². The minimum absolute atomic E-state index is 0.658. The van der Waals surface area contributed by atoms with E-state index in [1.165, 1.54) is 0 Å². The molecule has 0 N–H and O–H groups in total. The number of hydrogen-bond acceptors (Lipinski definition) is 1. The third kappa shape index (κ3) is 2.06. The summed E-state index contributed by atoms with van der Waals surface area (Å²) in [6.07, 6.45) is 9.73. The zero-order valence-corrected chi connectivity index (χ0v) is 6.00. The minimum atomic E-state index is 0.658. The molecule has 10 heavy (non-hydrogen) atoms. The van der Waals surface area contributed by atoms with Gasteiger partial charge in [-0.05, 0) is 17.7 Å². The van der Waals surface area contributed by atoms with Crippen molar-refractivity contribution in [2.24, 2.45) is 0 Å². The molecule has 0 heterocycles. The molecule has 0 bridgehead atoms. The Hall–Kier alpha value is -1.04.